The van der Waals surface area contributed by atoms with Crippen molar-refractivity contribution in [2.24, 2.45) is 0 Å². The first-order valence-corrected chi connectivity index (χ1v) is 5.11. The molecule has 5 nitrogen and oxygen atoms in total. The zero-order chi connectivity index (χ0) is 12.4. The molecule has 0 atom stereocenters. The largest absolute Gasteiger partial charge is 0.493 e. The Morgan fingerprint density at radius 1 is 1.24 bits per heavy atom. The number of rotatable bonds is 3. The number of nitrogens with zero attached hydrogens (tertiary/aromatic N) is 1. The fourth-order valence-electron chi connectivity index (χ4n) is 1.77. The van der Waals surface area contributed by atoms with E-state index in [1.807, 2.05) is 19.1 Å². The van der Waals surface area contributed by atoms with Crippen molar-refractivity contribution in [3.05, 3.63) is 23.8 Å². The Labute approximate surface area is 99.1 Å². The monoisotopic (exact) mass is 234 g/mol. The van der Waals surface area contributed by atoms with Crippen LogP contribution in [-0.2, 0) is 0 Å². The Balaban J connectivity index is 2.56. The van der Waals surface area contributed by atoms with Gasteiger partial charge in [0, 0.05) is 17.2 Å². The van der Waals surface area contributed by atoms with Crippen molar-refractivity contribution in [2.75, 3.05) is 20.0 Å². The maximum atomic E-state index is 5.51. The molecule has 1 aromatic carbocycles. The molecule has 0 radical (unpaired) electrons. The molecule has 0 unspecified atom stereocenters. The van der Waals surface area contributed by atoms with Gasteiger partial charge in [-0.25, -0.2) is 0 Å². The highest BCUT2D eigenvalue weighted by molar-refractivity contribution is 5.70. The average molecular weight is 234 g/mol. The first kappa shape index (κ1) is 11.3. The first-order chi connectivity index (χ1) is 8.17. The van der Waals surface area contributed by atoms with Crippen LogP contribution in [0.5, 0.6) is 11.5 Å². The van der Waals surface area contributed by atoms with E-state index < -0.39 is 0 Å². The SMILES string of the molecule is COc1ccc(-c2cc(N)on2)c(C)c1OC. The van der Waals surface area contributed by atoms with Gasteiger partial charge in [0.1, 0.15) is 5.69 Å². The number of hydrogen-bond donors (Lipinski definition) is 1. The van der Waals surface area contributed by atoms with Gasteiger partial charge in [-0.1, -0.05) is 5.16 Å². The van der Waals surface area contributed by atoms with Crippen LogP contribution >= 0.6 is 0 Å². The third-order valence-electron chi connectivity index (χ3n) is 2.60. The molecular weight excluding hydrogens is 220 g/mol. The van der Waals surface area contributed by atoms with Gasteiger partial charge in [-0.05, 0) is 19.1 Å². The lowest BCUT2D eigenvalue weighted by Crippen LogP contribution is -1.95. The van der Waals surface area contributed by atoms with Gasteiger partial charge < -0.3 is 19.7 Å². The van der Waals surface area contributed by atoms with Crippen molar-refractivity contribution in [3.8, 4) is 22.8 Å². The Morgan fingerprint density at radius 3 is 2.53 bits per heavy atom. The highest BCUT2D eigenvalue weighted by Gasteiger charge is 2.14. The van der Waals surface area contributed by atoms with Crippen LogP contribution in [0.15, 0.2) is 22.7 Å². The number of anilines is 1. The molecule has 17 heavy (non-hydrogen) atoms. The van der Waals surface area contributed by atoms with Gasteiger partial charge in [-0.3, -0.25) is 0 Å². The number of benzene rings is 1. The molecule has 0 spiro atoms. The first-order valence-electron chi connectivity index (χ1n) is 5.11. The fraction of sp³-hybridized carbons (Fsp3) is 0.250. The number of ether oxygens (including phenoxy) is 2. The summed E-state index contributed by atoms with van der Waals surface area (Å²) in [5.41, 5.74) is 8.03. The van der Waals surface area contributed by atoms with E-state index in [9.17, 15) is 0 Å². The van der Waals surface area contributed by atoms with Crippen molar-refractivity contribution >= 4 is 5.88 Å². The van der Waals surface area contributed by atoms with E-state index in [-0.39, 0.29) is 5.88 Å². The second-order valence-electron chi connectivity index (χ2n) is 3.59. The van der Waals surface area contributed by atoms with Crippen LogP contribution in [0.2, 0.25) is 0 Å². The molecule has 1 heterocycles. The van der Waals surface area contributed by atoms with Crippen molar-refractivity contribution in [1.29, 1.82) is 0 Å². The topological polar surface area (TPSA) is 70.5 Å². The molecule has 90 valence electrons. The van der Waals surface area contributed by atoms with Crippen LogP contribution in [0.3, 0.4) is 0 Å². The minimum absolute atomic E-state index is 0.286. The second-order valence-corrected chi connectivity index (χ2v) is 3.59. The Bertz CT molecular complexity index is 535. The molecule has 0 saturated carbocycles. The molecular formula is C12H14N2O3. The van der Waals surface area contributed by atoms with Gasteiger partial charge in [-0.15, -0.1) is 0 Å². The van der Waals surface area contributed by atoms with Crippen LogP contribution in [0.25, 0.3) is 11.3 Å². The number of hydrogen-bond acceptors (Lipinski definition) is 5. The van der Waals surface area contributed by atoms with Crippen LogP contribution in [-0.4, -0.2) is 19.4 Å². The Hall–Kier alpha value is -2.17. The van der Waals surface area contributed by atoms with Gasteiger partial charge in [0.05, 0.1) is 14.2 Å². The smallest absolute Gasteiger partial charge is 0.222 e. The Morgan fingerprint density at radius 2 is 2.00 bits per heavy atom. The lowest BCUT2D eigenvalue weighted by Gasteiger charge is -2.12. The highest BCUT2D eigenvalue weighted by Crippen LogP contribution is 2.37. The number of nitrogen functional groups attached to an aromatic ring is 1. The summed E-state index contributed by atoms with van der Waals surface area (Å²) < 4.78 is 15.4. The molecule has 0 aliphatic rings. The summed E-state index contributed by atoms with van der Waals surface area (Å²) in [6, 6.07) is 5.40. The zero-order valence-corrected chi connectivity index (χ0v) is 9.98. The van der Waals surface area contributed by atoms with E-state index in [1.165, 1.54) is 0 Å². The summed E-state index contributed by atoms with van der Waals surface area (Å²) in [6.07, 6.45) is 0. The third-order valence-corrected chi connectivity index (χ3v) is 2.60. The van der Waals surface area contributed by atoms with E-state index in [2.05, 4.69) is 5.16 Å². The molecule has 0 bridgehead atoms. The molecule has 5 heteroatoms. The van der Waals surface area contributed by atoms with E-state index in [0.717, 1.165) is 11.1 Å². The molecule has 0 amide bonds. The molecule has 0 aliphatic heterocycles. The molecule has 2 aromatic rings. The minimum atomic E-state index is 0.286. The van der Waals surface area contributed by atoms with Gasteiger partial charge in [-0.2, -0.15) is 0 Å². The predicted molar refractivity (Wildman–Crippen MR) is 64.2 cm³/mol. The van der Waals surface area contributed by atoms with Gasteiger partial charge >= 0.3 is 0 Å². The molecule has 2 N–H and O–H groups in total. The molecule has 1 aromatic heterocycles. The van der Waals surface area contributed by atoms with E-state index in [4.69, 9.17) is 19.7 Å². The van der Waals surface area contributed by atoms with Crippen LogP contribution in [0.1, 0.15) is 5.56 Å². The number of nitrogens with two attached hydrogens (primary N) is 1. The van der Waals surface area contributed by atoms with Crippen LogP contribution in [0, 0.1) is 6.92 Å². The lowest BCUT2D eigenvalue weighted by atomic mass is 10.0. The summed E-state index contributed by atoms with van der Waals surface area (Å²) in [5.74, 6) is 1.66. The summed E-state index contributed by atoms with van der Waals surface area (Å²) in [5, 5.41) is 3.88. The predicted octanol–water partition coefficient (Wildman–Crippen LogP) is 2.25. The standard InChI is InChI=1S/C12H14N2O3/c1-7-8(9-6-11(13)17-14-9)4-5-10(15-2)12(7)16-3/h4-6H,13H2,1-3H3. The van der Waals surface area contributed by atoms with Crippen molar-refractivity contribution in [3.63, 3.8) is 0 Å². The Kier molecular flexibility index (Phi) is 2.91. The zero-order valence-electron chi connectivity index (χ0n) is 9.98. The summed E-state index contributed by atoms with van der Waals surface area (Å²) in [7, 11) is 3.21. The molecule has 0 fully saturated rings. The number of aromatic nitrogens is 1. The van der Waals surface area contributed by atoms with Gasteiger partial charge in [0.15, 0.2) is 11.5 Å². The summed E-state index contributed by atoms with van der Waals surface area (Å²) in [6.45, 7) is 1.93. The normalized spacial score (nSPS) is 10.3. The van der Waals surface area contributed by atoms with Crippen molar-refractivity contribution < 1.29 is 14.0 Å². The van der Waals surface area contributed by atoms with Gasteiger partial charge in [0.2, 0.25) is 5.88 Å². The molecule has 0 saturated heterocycles. The second kappa shape index (κ2) is 4.37. The molecule has 2 rings (SSSR count). The van der Waals surface area contributed by atoms with Crippen LogP contribution < -0.4 is 15.2 Å². The summed E-state index contributed by atoms with van der Waals surface area (Å²) in [4.78, 5) is 0. The molecule has 0 aliphatic carbocycles. The van der Waals surface area contributed by atoms with Crippen molar-refractivity contribution in [2.45, 2.75) is 6.92 Å². The van der Waals surface area contributed by atoms with E-state index in [0.29, 0.717) is 17.2 Å². The third kappa shape index (κ3) is 1.91. The maximum Gasteiger partial charge on any atom is 0.222 e. The van der Waals surface area contributed by atoms with Gasteiger partial charge in [0.25, 0.3) is 0 Å². The van der Waals surface area contributed by atoms with Crippen LogP contribution in [0.4, 0.5) is 5.88 Å². The maximum absolute atomic E-state index is 5.51. The van der Waals surface area contributed by atoms with E-state index in [1.54, 1.807) is 20.3 Å². The average Bonchev–Trinajstić information content (AvgIpc) is 2.75. The van der Waals surface area contributed by atoms with Crippen molar-refractivity contribution in [1.82, 2.24) is 5.16 Å². The lowest BCUT2D eigenvalue weighted by molar-refractivity contribution is 0.353. The summed E-state index contributed by atoms with van der Waals surface area (Å²) >= 11 is 0. The minimum Gasteiger partial charge on any atom is -0.493 e. The van der Waals surface area contributed by atoms with E-state index >= 15 is 0 Å². The number of methoxy groups -OCH3 is 2. The quantitative estimate of drug-likeness (QED) is 0.881. The highest BCUT2D eigenvalue weighted by atomic mass is 16.5. The fourth-order valence-corrected chi connectivity index (χ4v) is 1.77.